The van der Waals surface area contributed by atoms with Crippen LogP contribution in [0, 0.1) is 5.92 Å². The van der Waals surface area contributed by atoms with Crippen LogP contribution in [0.2, 0.25) is 0 Å². The molecule has 0 radical (unpaired) electrons. The van der Waals surface area contributed by atoms with Crippen LogP contribution >= 0.6 is 0 Å². The first kappa shape index (κ1) is 12.0. The number of furan rings is 1. The number of hydrogen-bond acceptors (Lipinski definition) is 3. The number of carbonyl (C=O) groups is 1. The normalized spacial score (nSPS) is 35.6. The molecule has 1 aromatic heterocycles. The van der Waals surface area contributed by atoms with Crippen molar-refractivity contribution in [3.05, 3.63) is 49.0 Å². The summed E-state index contributed by atoms with van der Waals surface area (Å²) in [6.45, 7) is 4.41. The Kier molecular flexibility index (Phi) is 2.45. The Morgan fingerprint density at radius 2 is 2.50 bits per heavy atom. The summed E-state index contributed by atoms with van der Waals surface area (Å²) in [5.74, 6) is 0.966. The van der Waals surface area contributed by atoms with Crippen LogP contribution < -0.4 is 0 Å². The number of carbonyl (C=O) groups excluding carboxylic acids is 1. The minimum Gasteiger partial charge on any atom is -0.467 e. The molecule has 3 aliphatic rings. The molecule has 1 amide bonds. The van der Waals surface area contributed by atoms with Gasteiger partial charge in [-0.05, 0) is 25.0 Å². The van der Waals surface area contributed by atoms with E-state index in [0.717, 1.165) is 12.2 Å². The van der Waals surface area contributed by atoms with Gasteiger partial charge in [0.15, 0.2) is 0 Å². The van der Waals surface area contributed by atoms with E-state index in [1.165, 1.54) is 0 Å². The van der Waals surface area contributed by atoms with Gasteiger partial charge in [-0.1, -0.05) is 18.2 Å². The summed E-state index contributed by atoms with van der Waals surface area (Å²) in [4.78, 5) is 14.6. The predicted octanol–water partition coefficient (Wildman–Crippen LogP) is 2.45. The number of ether oxygens (including phenoxy) is 1. The summed E-state index contributed by atoms with van der Waals surface area (Å²) in [5.41, 5.74) is -0.395. The lowest BCUT2D eigenvalue weighted by atomic mass is 9.86. The molecule has 4 atom stereocenters. The number of nitrogens with zero attached hydrogens (tertiary/aromatic N) is 1. The van der Waals surface area contributed by atoms with Crippen LogP contribution in [0.25, 0.3) is 0 Å². The SMILES string of the molecule is C=CCC(c1ccco1)N1C[C@]23C=C[C@H](C[C@H]2C1=O)O3. The van der Waals surface area contributed by atoms with Crippen LogP contribution in [0.1, 0.15) is 24.6 Å². The molecule has 0 aliphatic carbocycles. The molecule has 0 aromatic carbocycles. The van der Waals surface area contributed by atoms with Gasteiger partial charge in [-0.2, -0.15) is 0 Å². The first-order chi connectivity index (χ1) is 9.73. The van der Waals surface area contributed by atoms with Gasteiger partial charge < -0.3 is 14.1 Å². The Bertz CT molecular complexity index is 577. The molecule has 4 heteroatoms. The van der Waals surface area contributed by atoms with Gasteiger partial charge in [0.2, 0.25) is 5.91 Å². The summed E-state index contributed by atoms with van der Waals surface area (Å²) in [6, 6.07) is 3.69. The van der Waals surface area contributed by atoms with Gasteiger partial charge in [0.1, 0.15) is 11.4 Å². The predicted molar refractivity (Wildman–Crippen MR) is 72.8 cm³/mol. The molecule has 3 aliphatic heterocycles. The minimum atomic E-state index is -0.395. The van der Waals surface area contributed by atoms with Gasteiger partial charge >= 0.3 is 0 Å². The van der Waals surface area contributed by atoms with Crippen molar-refractivity contribution >= 4 is 5.91 Å². The smallest absolute Gasteiger partial charge is 0.229 e. The Labute approximate surface area is 117 Å². The molecule has 0 saturated carbocycles. The van der Waals surface area contributed by atoms with Crippen molar-refractivity contribution in [2.45, 2.75) is 30.6 Å². The van der Waals surface area contributed by atoms with Gasteiger partial charge in [-0.3, -0.25) is 4.79 Å². The van der Waals surface area contributed by atoms with E-state index in [1.807, 2.05) is 23.1 Å². The van der Waals surface area contributed by atoms with Crippen LogP contribution in [0.15, 0.2) is 47.6 Å². The van der Waals surface area contributed by atoms with Crippen molar-refractivity contribution in [2.24, 2.45) is 5.92 Å². The molecular formula is C16H17NO3. The van der Waals surface area contributed by atoms with Crippen molar-refractivity contribution in [3.63, 3.8) is 0 Å². The zero-order valence-electron chi connectivity index (χ0n) is 11.2. The summed E-state index contributed by atoms with van der Waals surface area (Å²) >= 11 is 0. The van der Waals surface area contributed by atoms with Crippen molar-refractivity contribution in [2.75, 3.05) is 6.54 Å². The molecule has 2 fully saturated rings. The third-order valence-corrected chi connectivity index (χ3v) is 4.66. The van der Waals surface area contributed by atoms with E-state index in [2.05, 4.69) is 18.7 Å². The monoisotopic (exact) mass is 271 g/mol. The van der Waals surface area contributed by atoms with Crippen LogP contribution in [-0.4, -0.2) is 29.1 Å². The Morgan fingerprint density at radius 3 is 3.15 bits per heavy atom. The minimum absolute atomic E-state index is 0.0280. The Hall–Kier alpha value is -1.81. The number of amides is 1. The molecule has 0 N–H and O–H groups in total. The highest BCUT2D eigenvalue weighted by molar-refractivity contribution is 5.85. The molecule has 2 bridgehead atoms. The fraction of sp³-hybridized carbons (Fsp3) is 0.438. The second-order valence-electron chi connectivity index (χ2n) is 5.78. The van der Waals surface area contributed by atoms with Crippen molar-refractivity contribution in [3.8, 4) is 0 Å². The first-order valence-electron chi connectivity index (χ1n) is 7.05. The molecule has 1 unspecified atom stereocenters. The first-order valence-corrected chi connectivity index (χ1v) is 7.05. The molecule has 1 aromatic rings. The topological polar surface area (TPSA) is 42.7 Å². The quantitative estimate of drug-likeness (QED) is 0.790. The van der Waals surface area contributed by atoms with E-state index in [1.54, 1.807) is 6.26 Å². The Morgan fingerprint density at radius 1 is 1.60 bits per heavy atom. The molecule has 4 heterocycles. The lowest BCUT2D eigenvalue weighted by molar-refractivity contribution is -0.133. The average molecular weight is 271 g/mol. The average Bonchev–Trinajstić information content (AvgIpc) is 3.18. The van der Waals surface area contributed by atoms with Gasteiger partial charge in [-0.15, -0.1) is 6.58 Å². The summed E-state index contributed by atoms with van der Waals surface area (Å²) in [7, 11) is 0. The molecule has 104 valence electrons. The van der Waals surface area contributed by atoms with Gasteiger partial charge in [0, 0.05) is 0 Å². The van der Waals surface area contributed by atoms with Gasteiger partial charge in [0.05, 0.1) is 30.9 Å². The third-order valence-electron chi connectivity index (χ3n) is 4.66. The highest BCUT2D eigenvalue weighted by Crippen LogP contribution is 2.50. The van der Waals surface area contributed by atoms with Gasteiger partial charge in [0.25, 0.3) is 0 Å². The molecule has 20 heavy (non-hydrogen) atoms. The second kappa shape index (κ2) is 4.09. The molecule has 2 saturated heterocycles. The fourth-order valence-electron chi connectivity index (χ4n) is 3.74. The van der Waals surface area contributed by atoms with E-state index in [4.69, 9.17) is 9.15 Å². The van der Waals surface area contributed by atoms with E-state index < -0.39 is 5.60 Å². The highest BCUT2D eigenvalue weighted by Gasteiger charge is 2.61. The number of hydrogen-bond donors (Lipinski definition) is 0. The van der Waals surface area contributed by atoms with Crippen molar-refractivity contribution in [1.29, 1.82) is 0 Å². The maximum absolute atomic E-state index is 12.7. The molecule has 4 rings (SSSR count). The van der Waals surface area contributed by atoms with Crippen LogP contribution in [-0.2, 0) is 9.53 Å². The summed E-state index contributed by atoms with van der Waals surface area (Å²) in [6.07, 6.45) is 9.28. The van der Waals surface area contributed by atoms with Crippen LogP contribution in [0.5, 0.6) is 0 Å². The van der Waals surface area contributed by atoms with Crippen molar-refractivity contribution in [1.82, 2.24) is 4.90 Å². The Balaban J connectivity index is 1.67. The zero-order valence-corrected chi connectivity index (χ0v) is 11.2. The summed E-state index contributed by atoms with van der Waals surface area (Å²) < 4.78 is 11.5. The maximum Gasteiger partial charge on any atom is 0.229 e. The zero-order chi connectivity index (χ0) is 13.7. The highest BCUT2D eigenvalue weighted by atomic mass is 16.5. The fourth-order valence-corrected chi connectivity index (χ4v) is 3.74. The standard InChI is InChI=1S/C16H17NO3/c1-2-4-13(14-5-3-8-19-14)17-10-16-7-6-11(20-16)9-12(16)15(17)18/h2-3,5-8,11-13H,1,4,9-10H2/t11-,12+,13?,16-/m1/s1. The number of fused-ring (bicyclic) bond motifs is 1. The number of rotatable bonds is 4. The van der Waals surface area contributed by atoms with E-state index in [0.29, 0.717) is 13.0 Å². The molecular weight excluding hydrogens is 254 g/mol. The van der Waals surface area contributed by atoms with E-state index in [9.17, 15) is 4.79 Å². The second-order valence-corrected chi connectivity index (χ2v) is 5.78. The number of likely N-dealkylation sites (tertiary alicyclic amines) is 1. The third kappa shape index (κ3) is 1.48. The summed E-state index contributed by atoms with van der Waals surface area (Å²) in [5, 5.41) is 0. The van der Waals surface area contributed by atoms with E-state index >= 15 is 0 Å². The largest absolute Gasteiger partial charge is 0.467 e. The molecule has 1 spiro atoms. The van der Waals surface area contributed by atoms with Crippen LogP contribution in [0.3, 0.4) is 0 Å². The van der Waals surface area contributed by atoms with Crippen molar-refractivity contribution < 1.29 is 13.9 Å². The molecule has 4 nitrogen and oxygen atoms in total. The van der Waals surface area contributed by atoms with Gasteiger partial charge in [-0.25, -0.2) is 0 Å². The lowest BCUT2D eigenvalue weighted by Crippen LogP contribution is -2.34. The van der Waals surface area contributed by atoms with E-state index in [-0.39, 0.29) is 24.0 Å². The maximum atomic E-state index is 12.7. The van der Waals surface area contributed by atoms with Crippen LogP contribution in [0.4, 0.5) is 0 Å². The lowest BCUT2D eigenvalue weighted by Gasteiger charge is -2.27.